The van der Waals surface area contributed by atoms with Crippen molar-refractivity contribution in [2.75, 3.05) is 13.1 Å². The predicted molar refractivity (Wildman–Crippen MR) is 71.9 cm³/mol. The van der Waals surface area contributed by atoms with Crippen molar-refractivity contribution in [1.82, 2.24) is 4.90 Å². The van der Waals surface area contributed by atoms with Crippen molar-refractivity contribution in [1.29, 1.82) is 0 Å². The Kier molecular flexibility index (Phi) is 3.84. The Hall–Kier alpha value is -0.0800. The Bertz CT molecular complexity index is 262. The molecule has 100 valence electrons. The van der Waals surface area contributed by atoms with E-state index in [2.05, 4.69) is 32.6 Å². The molecule has 2 rings (SSSR count). The normalized spacial score (nSPS) is 38.8. The van der Waals surface area contributed by atoms with Gasteiger partial charge in [-0.25, -0.2) is 0 Å². The van der Waals surface area contributed by atoms with Crippen molar-refractivity contribution in [3.8, 4) is 0 Å². The summed E-state index contributed by atoms with van der Waals surface area (Å²) in [7, 11) is 0. The summed E-state index contributed by atoms with van der Waals surface area (Å²) >= 11 is 0. The maximum atomic E-state index is 9.94. The number of aliphatic hydroxyl groups excluding tert-OH is 1. The fourth-order valence-electron chi connectivity index (χ4n) is 3.78. The minimum absolute atomic E-state index is 0.0567. The first-order valence-electron chi connectivity index (χ1n) is 7.31. The molecule has 17 heavy (non-hydrogen) atoms. The van der Waals surface area contributed by atoms with Crippen LogP contribution in [0.4, 0.5) is 0 Å². The molecule has 0 radical (unpaired) electrons. The van der Waals surface area contributed by atoms with Gasteiger partial charge in [-0.1, -0.05) is 27.7 Å². The molecule has 3 atom stereocenters. The Labute approximate surface area is 106 Å². The molecular weight excluding hydrogens is 210 g/mol. The summed E-state index contributed by atoms with van der Waals surface area (Å²) in [5, 5.41) is 9.94. The third-order valence-corrected chi connectivity index (χ3v) is 4.87. The van der Waals surface area contributed by atoms with Crippen molar-refractivity contribution in [3.63, 3.8) is 0 Å². The number of aliphatic hydroxyl groups is 1. The Balaban J connectivity index is 2.05. The number of hydrogen-bond acceptors (Lipinski definition) is 2. The predicted octanol–water partition coefficient (Wildman–Crippen LogP) is 2.90. The molecule has 0 spiro atoms. The molecule has 1 N–H and O–H groups in total. The van der Waals surface area contributed by atoms with Gasteiger partial charge >= 0.3 is 0 Å². The van der Waals surface area contributed by atoms with Gasteiger partial charge in [0.1, 0.15) is 0 Å². The van der Waals surface area contributed by atoms with Crippen molar-refractivity contribution in [3.05, 3.63) is 0 Å². The minimum atomic E-state index is -0.0567. The van der Waals surface area contributed by atoms with Crippen molar-refractivity contribution >= 4 is 0 Å². The molecule has 2 nitrogen and oxygen atoms in total. The van der Waals surface area contributed by atoms with Crippen LogP contribution in [0.15, 0.2) is 0 Å². The average molecular weight is 239 g/mol. The van der Waals surface area contributed by atoms with E-state index in [1.54, 1.807) is 0 Å². The highest BCUT2D eigenvalue weighted by molar-refractivity contribution is 4.93. The molecular formula is C15H29NO. The molecule has 0 aromatic rings. The minimum Gasteiger partial charge on any atom is -0.393 e. The molecule has 0 aromatic heterocycles. The fraction of sp³-hybridized carbons (Fsp3) is 1.00. The van der Waals surface area contributed by atoms with Gasteiger partial charge in [0.05, 0.1) is 6.10 Å². The first-order valence-corrected chi connectivity index (χ1v) is 7.31. The third kappa shape index (κ3) is 3.03. The molecule has 1 aliphatic heterocycles. The highest BCUT2D eigenvalue weighted by atomic mass is 16.3. The summed E-state index contributed by atoms with van der Waals surface area (Å²) in [5.41, 5.74) is 0.476. The monoisotopic (exact) mass is 239 g/mol. The molecule has 3 unspecified atom stereocenters. The zero-order chi connectivity index (χ0) is 12.6. The molecule has 2 aliphatic rings. The number of likely N-dealkylation sites (tertiary alicyclic amines) is 1. The average Bonchev–Trinajstić information content (AvgIpc) is 2.58. The molecule has 0 aromatic carbocycles. The van der Waals surface area contributed by atoms with Gasteiger partial charge in [0.25, 0.3) is 0 Å². The number of nitrogens with zero attached hydrogens (tertiary/aromatic N) is 1. The number of hydrogen-bond donors (Lipinski definition) is 1. The molecule has 2 fully saturated rings. The first kappa shape index (κ1) is 13.4. The second kappa shape index (κ2) is 4.89. The van der Waals surface area contributed by atoms with Crippen molar-refractivity contribution in [2.45, 2.75) is 65.5 Å². The summed E-state index contributed by atoms with van der Waals surface area (Å²) in [6.07, 6.45) is 4.47. The van der Waals surface area contributed by atoms with E-state index >= 15 is 0 Å². The summed E-state index contributed by atoms with van der Waals surface area (Å²) in [4.78, 5) is 2.66. The van der Waals surface area contributed by atoms with E-state index in [9.17, 15) is 5.11 Å². The smallest absolute Gasteiger partial charge is 0.0555 e. The first-order chi connectivity index (χ1) is 7.89. The van der Waals surface area contributed by atoms with Crippen LogP contribution in [0.1, 0.15) is 53.4 Å². The Morgan fingerprint density at radius 2 is 1.94 bits per heavy atom. The largest absolute Gasteiger partial charge is 0.393 e. The second-order valence-corrected chi connectivity index (χ2v) is 7.33. The SMILES string of the molecule is CC(C)C1CCC(O)CC1N1CCC(C)(C)C1. The molecule has 2 heteroatoms. The van der Waals surface area contributed by atoms with Gasteiger partial charge < -0.3 is 5.11 Å². The Morgan fingerprint density at radius 3 is 2.47 bits per heavy atom. The fourth-order valence-corrected chi connectivity index (χ4v) is 3.78. The van der Waals surface area contributed by atoms with E-state index in [0.29, 0.717) is 11.5 Å². The molecule has 1 heterocycles. The van der Waals surface area contributed by atoms with Gasteiger partial charge in [-0.3, -0.25) is 4.90 Å². The van der Waals surface area contributed by atoms with E-state index in [1.165, 1.54) is 25.9 Å². The summed E-state index contributed by atoms with van der Waals surface area (Å²) < 4.78 is 0. The van der Waals surface area contributed by atoms with Crippen molar-refractivity contribution < 1.29 is 5.11 Å². The van der Waals surface area contributed by atoms with Gasteiger partial charge in [-0.2, -0.15) is 0 Å². The standard InChI is InChI=1S/C15H29NO/c1-11(2)13-6-5-12(17)9-14(13)16-8-7-15(3,4)10-16/h11-14,17H,5-10H2,1-4H3. The Morgan fingerprint density at radius 1 is 1.24 bits per heavy atom. The van der Waals surface area contributed by atoms with Crippen LogP contribution in [-0.2, 0) is 0 Å². The van der Waals surface area contributed by atoms with Crippen LogP contribution in [0, 0.1) is 17.3 Å². The lowest BCUT2D eigenvalue weighted by Gasteiger charge is -2.42. The highest BCUT2D eigenvalue weighted by Gasteiger charge is 2.40. The van der Waals surface area contributed by atoms with Gasteiger partial charge in [0.2, 0.25) is 0 Å². The van der Waals surface area contributed by atoms with E-state index < -0.39 is 0 Å². The molecule has 1 aliphatic carbocycles. The number of rotatable bonds is 2. The topological polar surface area (TPSA) is 23.5 Å². The van der Waals surface area contributed by atoms with E-state index in [-0.39, 0.29) is 6.10 Å². The van der Waals surface area contributed by atoms with Crippen LogP contribution < -0.4 is 0 Å². The van der Waals surface area contributed by atoms with Crippen molar-refractivity contribution in [2.24, 2.45) is 17.3 Å². The lowest BCUT2D eigenvalue weighted by atomic mass is 9.76. The second-order valence-electron chi connectivity index (χ2n) is 7.33. The maximum absolute atomic E-state index is 9.94. The van der Waals surface area contributed by atoms with Crippen LogP contribution >= 0.6 is 0 Å². The van der Waals surface area contributed by atoms with E-state index in [1.807, 2.05) is 0 Å². The van der Waals surface area contributed by atoms with Crippen LogP contribution in [0.25, 0.3) is 0 Å². The maximum Gasteiger partial charge on any atom is 0.0555 e. The molecule has 0 amide bonds. The van der Waals surface area contributed by atoms with Gasteiger partial charge in [0, 0.05) is 12.6 Å². The molecule has 0 bridgehead atoms. The van der Waals surface area contributed by atoms with Gasteiger partial charge in [0.15, 0.2) is 0 Å². The summed E-state index contributed by atoms with van der Waals surface area (Å²) in [5.74, 6) is 1.53. The third-order valence-electron chi connectivity index (χ3n) is 4.87. The summed E-state index contributed by atoms with van der Waals surface area (Å²) in [6.45, 7) is 11.9. The molecule has 1 saturated heterocycles. The van der Waals surface area contributed by atoms with Crippen LogP contribution in [-0.4, -0.2) is 35.2 Å². The van der Waals surface area contributed by atoms with E-state index in [4.69, 9.17) is 0 Å². The van der Waals surface area contributed by atoms with Crippen LogP contribution in [0.2, 0.25) is 0 Å². The highest BCUT2D eigenvalue weighted by Crippen LogP contribution is 2.38. The lowest BCUT2D eigenvalue weighted by molar-refractivity contribution is 0.0179. The van der Waals surface area contributed by atoms with Gasteiger partial charge in [-0.05, 0) is 49.5 Å². The lowest BCUT2D eigenvalue weighted by Crippen LogP contribution is -2.46. The molecule has 1 saturated carbocycles. The van der Waals surface area contributed by atoms with Gasteiger partial charge in [-0.15, -0.1) is 0 Å². The quantitative estimate of drug-likeness (QED) is 0.801. The summed E-state index contributed by atoms with van der Waals surface area (Å²) in [6, 6.07) is 0.625. The van der Waals surface area contributed by atoms with E-state index in [0.717, 1.165) is 24.7 Å². The zero-order valence-corrected chi connectivity index (χ0v) is 11.9. The van der Waals surface area contributed by atoms with Crippen LogP contribution in [0.3, 0.4) is 0 Å². The zero-order valence-electron chi connectivity index (χ0n) is 11.9. The van der Waals surface area contributed by atoms with Crippen LogP contribution in [0.5, 0.6) is 0 Å².